The van der Waals surface area contributed by atoms with Gasteiger partial charge in [0.05, 0.1) is 11.4 Å². The van der Waals surface area contributed by atoms with E-state index in [1.807, 2.05) is 6.07 Å². The Morgan fingerprint density at radius 1 is 1.29 bits per heavy atom. The molecule has 1 N–H and O–H groups in total. The molecule has 4 rings (SSSR count). The van der Waals surface area contributed by atoms with Gasteiger partial charge in [0.1, 0.15) is 5.82 Å². The molecule has 1 saturated heterocycles. The molecule has 90 valence electrons. The van der Waals surface area contributed by atoms with Crippen LogP contribution >= 0.6 is 0 Å². The third kappa shape index (κ3) is 1.31. The second-order valence-electron chi connectivity index (χ2n) is 5.62. The van der Waals surface area contributed by atoms with Crippen molar-refractivity contribution in [2.75, 3.05) is 23.3 Å². The molecule has 17 heavy (non-hydrogen) atoms. The van der Waals surface area contributed by atoms with Crippen LogP contribution in [0, 0.1) is 17.7 Å². The number of nitrogens with zero attached hydrogens (tertiary/aromatic N) is 1. The van der Waals surface area contributed by atoms with Crippen molar-refractivity contribution in [2.45, 2.75) is 25.3 Å². The number of rotatable bonds is 0. The fourth-order valence-corrected chi connectivity index (χ4v) is 4.06. The van der Waals surface area contributed by atoms with Gasteiger partial charge in [-0.15, -0.1) is 0 Å². The average Bonchev–Trinajstić information content (AvgIpc) is 2.88. The topological polar surface area (TPSA) is 15.3 Å². The van der Waals surface area contributed by atoms with E-state index in [-0.39, 0.29) is 5.82 Å². The van der Waals surface area contributed by atoms with Crippen molar-refractivity contribution in [1.82, 2.24) is 0 Å². The van der Waals surface area contributed by atoms with Crippen LogP contribution in [0.25, 0.3) is 0 Å². The minimum Gasteiger partial charge on any atom is -0.381 e. The first kappa shape index (κ1) is 9.75. The van der Waals surface area contributed by atoms with Gasteiger partial charge < -0.3 is 10.2 Å². The summed E-state index contributed by atoms with van der Waals surface area (Å²) >= 11 is 0. The summed E-state index contributed by atoms with van der Waals surface area (Å²) in [6.45, 7) is 2.16. The Balaban J connectivity index is 1.75. The zero-order valence-electron chi connectivity index (χ0n) is 9.82. The number of hydrogen-bond acceptors (Lipinski definition) is 2. The molecule has 2 fully saturated rings. The quantitative estimate of drug-likeness (QED) is 0.740. The van der Waals surface area contributed by atoms with Gasteiger partial charge in [0, 0.05) is 19.1 Å². The van der Waals surface area contributed by atoms with E-state index in [9.17, 15) is 4.39 Å². The van der Waals surface area contributed by atoms with Crippen LogP contribution in [0.15, 0.2) is 18.2 Å². The van der Waals surface area contributed by atoms with Gasteiger partial charge in [0.15, 0.2) is 0 Å². The summed E-state index contributed by atoms with van der Waals surface area (Å²) < 4.78 is 13.4. The molecule has 0 aromatic heterocycles. The fraction of sp³-hybridized carbons (Fsp3) is 0.571. The molecule has 1 aliphatic carbocycles. The maximum Gasteiger partial charge on any atom is 0.125 e. The standard InChI is InChI=1S/C14H17FN2/c15-10-4-5-12-13(6-10)17-8-9-2-1-3-11(9)14(17)7-16-12/h4-6,9,11,14,16H,1-3,7-8H2. The van der Waals surface area contributed by atoms with E-state index in [0.29, 0.717) is 6.04 Å². The van der Waals surface area contributed by atoms with Gasteiger partial charge in [-0.2, -0.15) is 0 Å². The third-order valence-electron chi connectivity index (χ3n) is 4.81. The molecule has 3 aliphatic rings. The number of halogens is 1. The summed E-state index contributed by atoms with van der Waals surface area (Å²) in [6.07, 6.45) is 4.11. The molecule has 0 bridgehead atoms. The molecule has 3 heteroatoms. The van der Waals surface area contributed by atoms with Crippen LogP contribution in [0.3, 0.4) is 0 Å². The molecule has 1 aromatic carbocycles. The maximum absolute atomic E-state index is 13.4. The number of benzene rings is 1. The van der Waals surface area contributed by atoms with E-state index >= 15 is 0 Å². The lowest BCUT2D eigenvalue weighted by molar-refractivity contribution is 0.429. The molecule has 1 aromatic rings. The molecule has 3 atom stereocenters. The Bertz CT molecular complexity index is 460. The van der Waals surface area contributed by atoms with Gasteiger partial charge in [0.25, 0.3) is 0 Å². The Hall–Kier alpha value is -1.25. The minimum absolute atomic E-state index is 0.122. The predicted octanol–water partition coefficient (Wildman–Crippen LogP) is 2.86. The van der Waals surface area contributed by atoms with Crippen molar-refractivity contribution in [1.29, 1.82) is 0 Å². The molecule has 2 nitrogen and oxygen atoms in total. The van der Waals surface area contributed by atoms with Crippen molar-refractivity contribution in [2.24, 2.45) is 11.8 Å². The SMILES string of the molecule is Fc1ccc2c(c1)N1CC3CCCC3C1CN2. The van der Waals surface area contributed by atoms with Crippen molar-refractivity contribution < 1.29 is 4.39 Å². The van der Waals surface area contributed by atoms with Crippen LogP contribution in [-0.4, -0.2) is 19.1 Å². The Labute approximate surface area is 101 Å². The molecule has 2 aliphatic heterocycles. The van der Waals surface area contributed by atoms with Gasteiger partial charge in [-0.1, -0.05) is 6.42 Å². The summed E-state index contributed by atoms with van der Waals surface area (Å²) in [5, 5.41) is 3.47. The van der Waals surface area contributed by atoms with Crippen LogP contribution in [0.1, 0.15) is 19.3 Å². The first-order chi connectivity index (χ1) is 8.33. The monoisotopic (exact) mass is 232 g/mol. The van der Waals surface area contributed by atoms with E-state index < -0.39 is 0 Å². The highest BCUT2D eigenvalue weighted by Gasteiger charge is 2.45. The van der Waals surface area contributed by atoms with Gasteiger partial charge >= 0.3 is 0 Å². The smallest absolute Gasteiger partial charge is 0.125 e. The first-order valence-corrected chi connectivity index (χ1v) is 6.63. The Morgan fingerprint density at radius 2 is 2.24 bits per heavy atom. The Kier molecular flexibility index (Phi) is 1.93. The van der Waals surface area contributed by atoms with Crippen LogP contribution in [0.2, 0.25) is 0 Å². The van der Waals surface area contributed by atoms with Crippen LogP contribution in [-0.2, 0) is 0 Å². The van der Waals surface area contributed by atoms with Gasteiger partial charge in [-0.25, -0.2) is 4.39 Å². The molecule has 1 saturated carbocycles. The van der Waals surface area contributed by atoms with Gasteiger partial charge in [0.2, 0.25) is 0 Å². The molecular weight excluding hydrogens is 215 g/mol. The summed E-state index contributed by atoms with van der Waals surface area (Å²) in [5.41, 5.74) is 2.18. The maximum atomic E-state index is 13.4. The molecule has 2 heterocycles. The lowest BCUT2D eigenvalue weighted by atomic mass is 9.93. The highest BCUT2D eigenvalue weighted by Crippen LogP contribution is 2.47. The first-order valence-electron chi connectivity index (χ1n) is 6.63. The second kappa shape index (κ2) is 3.37. The number of hydrogen-bond donors (Lipinski definition) is 1. The summed E-state index contributed by atoms with van der Waals surface area (Å²) in [6, 6.07) is 5.70. The highest BCUT2D eigenvalue weighted by atomic mass is 19.1. The molecule has 3 unspecified atom stereocenters. The normalized spacial score (nSPS) is 33.9. The highest BCUT2D eigenvalue weighted by molar-refractivity contribution is 5.73. The molecule has 0 amide bonds. The summed E-state index contributed by atoms with van der Waals surface area (Å²) in [4.78, 5) is 2.45. The van der Waals surface area contributed by atoms with Crippen molar-refractivity contribution >= 4 is 11.4 Å². The van der Waals surface area contributed by atoms with Gasteiger partial charge in [-0.05, 0) is 42.9 Å². The average molecular weight is 232 g/mol. The minimum atomic E-state index is -0.122. The van der Waals surface area contributed by atoms with Crippen molar-refractivity contribution in [3.63, 3.8) is 0 Å². The molecule has 0 radical (unpaired) electrons. The summed E-state index contributed by atoms with van der Waals surface area (Å²) in [5.74, 6) is 1.55. The van der Waals surface area contributed by atoms with E-state index in [2.05, 4.69) is 10.2 Å². The van der Waals surface area contributed by atoms with E-state index in [4.69, 9.17) is 0 Å². The lowest BCUT2D eigenvalue weighted by Gasteiger charge is -2.36. The van der Waals surface area contributed by atoms with E-state index in [1.54, 1.807) is 12.1 Å². The zero-order chi connectivity index (χ0) is 11.4. The zero-order valence-corrected chi connectivity index (χ0v) is 9.82. The molecule has 0 spiro atoms. The lowest BCUT2D eigenvalue weighted by Crippen LogP contribution is -2.42. The van der Waals surface area contributed by atoms with E-state index in [0.717, 1.165) is 36.3 Å². The predicted molar refractivity (Wildman–Crippen MR) is 66.9 cm³/mol. The van der Waals surface area contributed by atoms with Crippen LogP contribution in [0.4, 0.5) is 15.8 Å². The number of nitrogens with one attached hydrogen (secondary N) is 1. The molecular formula is C14H17FN2. The third-order valence-corrected chi connectivity index (χ3v) is 4.81. The van der Waals surface area contributed by atoms with Crippen LogP contribution < -0.4 is 10.2 Å². The number of anilines is 2. The second-order valence-corrected chi connectivity index (χ2v) is 5.62. The number of fused-ring (bicyclic) bond motifs is 5. The van der Waals surface area contributed by atoms with E-state index in [1.165, 1.54) is 19.3 Å². The fourth-order valence-electron chi connectivity index (χ4n) is 4.06. The Morgan fingerprint density at radius 3 is 3.18 bits per heavy atom. The van der Waals surface area contributed by atoms with Crippen molar-refractivity contribution in [3.05, 3.63) is 24.0 Å². The van der Waals surface area contributed by atoms with Gasteiger partial charge in [-0.3, -0.25) is 0 Å². The van der Waals surface area contributed by atoms with Crippen molar-refractivity contribution in [3.8, 4) is 0 Å². The summed E-state index contributed by atoms with van der Waals surface area (Å²) in [7, 11) is 0. The largest absolute Gasteiger partial charge is 0.381 e. The van der Waals surface area contributed by atoms with Crippen LogP contribution in [0.5, 0.6) is 0 Å².